The lowest BCUT2D eigenvalue weighted by Gasteiger charge is -2.00. The molecule has 0 aliphatic rings. The molecule has 2 nitrogen and oxygen atoms in total. The molecule has 0 radical (unpaired) electrons. The molecule has 0 atom stereocenters. The van der Waals surface area contributed by atoms with E-state index in [9.17, 15) is 4.79 Å². The fourth-order valence-electron chi connectivity index (χ4n) is 2.03. The third-order valence-corrected chi connectivity index (χ3v) is 3.20. The molecule has 0 bridgehead atoms. The van der Waals surface area contributed by atoms with E-state index < -0.39 is 5.91 Å². The van der Waals surface area contributed by atoms with Crippen LogP contribution < -0.4 is 5.73 Å². The van der Waals surface area contributed by atoms with Gasteiger partial charge in [0.05, 0.1) is 0 Å². The Bertz CT molecular complexity index is 303. The number of carbonyl (C=O) groups excluding carboxylic acids is 1. The first-order valence-corrected chi connectivity index (χ1v) is 8.06. The molecule has 114 valence electrons. The third-order valence-electron chi connectivity index (χ3n) is 3.20. The second-order valence-corrected chi connectivity index (χ2v) is 5.19. The summed E-state index contributed by atoms with van der Waals surface area (Å²) >= 11 is 0. The molecule has 0 saturated carbocycles. The zero-order valence-corrected chi connectivity index (χ0v) is 13.0. The minimum atomic E-state index is -0.409. The molecular weight excluding hydrogens is 246 g/mol. The zero-order valence-electron chi connectivity index (χ0n) is 13.0. The van der Waals surface area contributed by atoms with Crippen molar-refractivity contribution >= 4 is 5.91 Å². The zero-order chi connectivity index (χ0) is 14.9. The summed E-state index contributed by atoms with van der Waals surface area (Å²) in [6.45, 7) is 2.26. The highest BCUT2D eigenvalue weighted by molar-refractivity contribution is 5.85. The number of amides is 1. The molecule has 0 saturated heterocycles. The molecular formula is C18H31NO. The van der Waals surface area contributed by atoms with Crippen molar-refractivity contribution in [3.8, 4) is 0 Å². The van der Waals surface area contributed by atoms with E-state index in [1.165, 1.54) is 63.9 Å². The second-order valence-electron chi connectivity index (χ2n) is 5.19. The highest BCUT2D eigenvalue weighted by Crippen LogP contribution is 2.10. The van der Waals surface area contributed by atoms with Crippen LogP contribution in [0.3, 0.4) is 0 Å². The van der Waals surface area contributed by atoms with E-state index in [-0.39, 0.29) is 0 Å². The first-order valence-electron chi connectivity index (χ1n) is 8.06. The molecule has 0 aromatic carbocycles. The largest absolute Gasteiger partial charge is 0.366 e. The van der Waals surface area contributed by atoms with E-state index in [1.54, 1.807) is 6.08 Å². The van der Waals surface area contributed by atoms with Gasteiger partial charge < -0.3 is 5.73 Å². The Morgan fingerprint density at radius 2 is 1.35 bits per heavy atom. The Hall–Kier alpha value is -1.31. The number of hydrogen-bond acceptors (Lipinski definition) is 1. The minimum absolute atomic E-state index is 0.409. The molecule has 0 heterocycles. The van der Waals surface area contributed by atoms with E-state index in [0.29, 0.717) is 0 Å². The molecule has 0 rings (SSSR count). The first-order chi connectivity index (χ1) is 9.77. The molecule has 20 heavy (non-hydrogen) atoms. The number of primary amides is 1. The topological polar surface area (TPSA) is 43.1 Å². The normalized spacial score (nSPS) is 12.1. The average molecular weight is 277 g/mol. The van der Waals surface area contributed by atoms with Crippen LogP contribution in [-0.4, -0.2) is 5.91 Å². The van der Waals surface area contributed by atoms with Crippen LogP contribution >= 0.6 is 0 Å². The van der Waals surface area contributed by atoms with Crippen molar-refractivity contribution in [2.75, 3.05) is 0 Å². The van der Waals surface area contributed by atoms with Crippen molar-refractivity contribution in [3.63, 3.8) is 0 Å². The lowest BCUT2D eigenvalue weighted by Crippen LogP contribution is -2.04. The monoisotopic (exact) mass is 277 g/mol. The van der Waals surface area contributed by atoms with Gasteiger partial charge in [-0.05, 0) is 12.8 Å². The predicted octanol–water partition coefficient (Wildman–Crippen LogP) is 5.06. The molecule has 0 aliphatic heterocycles. The van der Waals surface area contributed by atoms with E-state index in [4.69, 9.17) is 5.73 Å². The maximum atomic E-state index is 10.4. The molecule has 0 fully saturated rings. The van der Waals surface area contributed by atoms with Crippen LogP contribution in [0.2, 0.25) is 0 Å². The average Bonchev–Trinajstić information content (AvgIpc) is 2.43. The molecule has 0 unspecified atom stereocenters. The highest BCUT2D eigenvalue weighted by atomic mass is 16.1. The second kappa shape index (κ2) is 15.7. The van der Waals surface area contributed by atoms with Crippen molar-refractivity contribution in [2.45, 2.75) is 71.1 Å². The summed E-state index contributed by atoms with van der Waals surface area (Å²) in [5.74, 6) is -0.409. The summed E-state index contributed by atoms with van der Waals surface area (Å²) < 4.78 is 0. The van der Waals surface area contributed by atoms with Gasteiger partial charge in [-0.15, -0.1) is 0 Å². The molecule has 2 heteroatoms. The summed E-state index contributed by atoms with van der Waals surface area (Å²) in [6, 6.07) is 0. The van der Waals surface area contributed by atoms with Crippen LogP contribution in [0.15, 0.2) is 36.5 Å². The maximum absolute atomic E-state index is 10.4. The number of allylic oxidation sites excluding steroid dienone is 5. The van der Waals surface area contributed by atoms with Gasteiger partial charge in [0.1, 0.15) is 0 Å². The van der Waals surface area contributed by atoms with E-state index in [0.717, 1.165) is 6.42 Å². The van der Waals surface area contributed by atoms with Crippen molar-refractivity contribution < 1.29 is 4.79 Å². The summed E-state index contributed by atoms with van der Waals surface area (Å²) in [5, 5.41) is 0. The van der Waals surface area contributed by atoms with Crippen molar-refractivity contribution in [1.82, 2.24) is 0 Å². The Balaban J connectivity index is 3.25. The van der Waals surface area contributed by atoms with Crippen molar-refractivity contribution in [1.29, 1.82) is 0 Å². The minimum Gasteiger partial charge on any atom is -0.366 e. The molecule has 1 amide bonds. The summed E-state index contributed by atoms with van der Waals surface area (Å²) in [7, 11) is 0. The molecule has 0 aromatic heterocycles. The van der Waals surface area contributed by atoms with Gasteiger partial charge in [-0.25, -0.2) is 0 Å². The standard InChI is InChI=1S/C18H31NO/c1-2-3-4-5-6-7-8-9-10-11-12-13-14-15-16-17-18(19)20/h12-17H,2-11H2,1H3,(H2,19,20)/b13-12?,15-14+,17-16+. The molecule has 0 aromatic rings. The highest BCUT2D eigenvalue weighted by Gasteiger charge is 1.90. The Labute approximate surface area is 124 Å². The van der Waals surface area contributed by atoms with Gasteiger partial charge >= 0.3 is 0 Å². The van der Waals surface area contributed by atoms with Gasteiger partial charge in [0.2, 0.25) is 5.91 Å². The van der Waals surface area contributed by atoms with Gasteiger partial charge in [-0.1, -0.05) is 88.7 Å². The molecule has 0 aliphatic carbocycles. The van der Waals surface area contributed by atoms with Crippen LogP contribution in [0.1, 0.15) is 71.1 Å². The van der Waals surface area contributed by atoms with E-state index >= 15 is 0 Å². The van der Waals surface area contributed by atoms with E-state index in [2.05, 4.69) is 13.0 Å². The molecule has 2 N–H and O–H groups in total. The lowest BCUT2D eigenvalue weighted by molar-refractivity contribution is -0.113. The first kappa shape index (κ1) is 18.7. The Morgan fingerprint density at radius 1 is 0.800 bits per heavy atom. The lowest BCUT2D eigenvalue weighted by atomic mass is 10.1. The quantitative estimate of drug-likeness (QED) is 0.285. The maximum Gasteiger partial charge on any atom is 0.241 e. The van der Waals surface area contributed by atoms with Crippen LogP contribution in [0, 0.1) is 0 Å². The SMILES string of the molecule is CCCCCCCCCCCC=C/C=C/C=C/C(N)=O. The van der Waals surface area contributed by atoms with E-state index in [1.807, 2.05) is 18.2 Å². The summed E-state index contributed by atoms with van der Waals surface area (Å²) in [5.41, 5.74) is 4.97. The predicted molar refractivity (Wildman–Crippen MR) is 88.5 cm³/mol. The van der Waals surface area contributed by atoms with Gasteiger partial charge in [-0.2, -0.15) is 0 Å². The van der Waals surface area contributed by atoms with Crippen LogP contribution in [0.4, 0.5) is 0 Å². The third kappa shape index (κ3) is 16.7. The van der Waals surface area contributed by atoms with Crippen LogP contribution in [0.25, 0.3) is 0 Å². The van der Waals surface area contributed by atoms with Gasteiger partial charge in [-0.3, -0.25) is 4.79 Å². The van der Waals surface area contributed by atoms with Crippen molar-refractivity contribution in [2.24, 2.45) is 5.73 Å². The van der Waals surface area contributed by atoms with Gasteiger partial charge in [0, 0.05) is 6.08 Å². The number of unbranched alkanes of at least 4 members (excludes halogenated alkanes) is 9. The fourth-order valence-corrected chi connectivity index (χ4v) is 2.03. The van der Waals surface area contributed by atoms with Gasteiger partial charge in [0.15, 0.2) is 0 Å². The summed E-state index contributed by atoms with van der Waals surface area (Å²) in [6.07, 6.45) is 24.4. The number of nitrogens with two attached hydrogens (primary N) is 1. The number of carbonyl (C=O) groups is 1. The fraction of sp³-hybridized carbons (Fsp3) is 0.611. The van der Waals surface area contributed by atoms with Crippen molar-refractivity contribution in [3.05, 3.63) is 36.5 Å². The smallest absolute Gasteiger partial charge is 0.241 e. The van der Waals surface area contributed by atoms with Crippen LogP contribution in [-0.2, 0) is 4.79 Å². The summed E-state index contributed by atoms with van der Waals surface area (Å²) in [4.78, 5) is 10.4. The number of rotatable bonds is 13. The number of hydrogen-bond donors (Lipinski definition) is 1. The Morgan fingerprint density at radius 3 is 1.95 bits per heavy atom. The van der Waals surface area contributed by atoms with Crippen LogP contribution in [0.5, 0.6) is 0 Å². The van der Waals surface area contributed by atoms with Gasteiger partial charge in [0.25, 0.3) is 0 Å². The Kier molecular flexibility index (Phi) is 14.7. The molecule has 0 spiro atoms.